The van der Waals surface area contributed by atoms with Crippen molar-refractivity contribution in [3.05, 3.63) is 59.3 Å². The van der Waals surface area contributed by atoms with Crippen LogP contribution in [-0.2, 0) is 16.1 Å². The van der Waals surface area contributed by atoms with E-state index in [4.69, 9.17) is 10.5 Å². The van der Waals surface area contributed by atoms with E-state index in [0.29, 0.717) is 0 Å². The van der Waals surface area contributed by atoms with Gasteiger partial charge in [-0.15, -0.1) is 0 Å². The molecule has 0 saturated carbocycles. The second-order valence-corrected chi connectivity index (χ2v) is 5.98. The second kappa shape index (κ2) is 10.2. The Labute approximate surface area is 162 Å². The Morgan fingerprint density at radius 1 is 1.25 bits per heavy atom. The minimum Gasteiger partial charge on any atom is -0.465 e. The number of nitrogens with one attached hydrogen (secondary N) is 1. The van der Waals surface area contributed by atoms with Crippen molar-refractivity contribution < 1.29 is 29.3 Å². The van der Waals surface area contributed by atoms with E-state index in [1.165, 1.54) is 19.4 Å². The van der Waals surface area contributed by atoms with Crippen molar-refractivity contribution >= 4 is 17.9 Å². The summed E-state index contributed by atoms with van der Waals surface area (Å²) < 4.78 is 9.65. The summed E-state index contributed by atoms with van der Waals surface area (Å²) in [5.41, 5.74) is 6.76. The zero-order valence-corrected chi connectivity index (χ0v) is 15.4. The Morgan fingerprint density at radius 2 is 1.96 bits per heavy atom. The summed E-state index contributed by atoms with van der Waals surface area (Å²) >= 11 is 0. The maximum atomic E-state index is 11.7. The molecule has 0 aliphatic rings. The molecule has 150 valence electrons. The van der Waals surface area contributed by atoms with Crippen molar-refractivity contribution in [3.8, 4) is 0 Å². The number of nitrogen functional groups attached to an aromatic ring is 1. The average molecular weight is 389 g/mol. The first kappa shape index (κ1) is 21.1. The molecule has 0 radical (unpaired) electrons. The van der Waals surface area contributed by atoms with E-state index in [9.17, 15) is 19.8 Å². The van der Waals surface area contributed by atoms with Gasteiger partial charge in [0.2, 0.25) is 0 Å². The van der Waals surface area contributed by atoms with Crippen LogP contribution in [0, 0.1) is 0 Å². The summed E-state index contributed by atoms with van der Waals surface area (Å²) in [6.07, 6.45) is -2.03. The lowest BCUT2D eigenvalue weighted by Gasteiger charge is -2.19. The number of carbonyl (C=O) groups excluding carboxylic acids is 2. The number of aromatic nitrogens is 1. The van der Waals surface area contributed by atoms with E-state index in [2.05, 4.69) is 15.0 Å². The van der Waals surface area contributed by atoms with Crippen LogP contribution in [0.2, 0.25) is 0 Å². The first-order valence-electron chi connectivity index (χ1n) is 8.56. The molecule has 9 nitrogen and oxygen atoms in total. The predicted molar refractivity (Wildman–Crippen MR) is 100 cm³/mol. The minimum atomic E-state index is -1.39. The number of hydrogen-bond donors (Lipinski definition) is 4. The molecular weight excluding hydrogens is 366 g/mol. The number of amides is 1. The highest BCUT2D eigenvalue weighted by atomic mass is 16.5. The maximum absolute atomic E-state index is 11.7. The summed E-state index contributed by atoms with van der Waals surface area (Å²) in [6.45, 7) is 0.191. The highest BCUT2D eigenvalue weighted by Gasteiger charge is 2.23. The lowest BCUT2D eigenvalue weighted by Crippen LogP contribution is -2.30. The average Bonchev–Trinajstić information content (AvgIpc) is 2.72. The molecule has 1 aromatic heterocycles. The number of hydrogen-bond acceptors (Lipinski definition) is 8. The molecule has 2 unspecified atom stereocenters. The van der Waals surface area contributed by atoms with Crippen LogP contribution in [-0.4, -0.2) is 47.0 Å². The van der Waals surface area contributed by atoms with Gasteiger partial charge in [-0.3, -0.25) is 0 Å². The van der Waals surface area contributed by atoms with Gasteiger partial charge in [0.25, 0.3) is 0 Å². The summed E-state index contributed by atoms with van der Waals surface area (Å²) in [5.74, 6) is -0.660. The molecule has 1 amide bonds. The summed E-state index contributed by atoms with van der Waals surface area (Å²) in [5, 5.41) is 23.0. The van der Waals surface area contributed by atoms with Gasteiger partial charge in [0, 0.05) is 18.3 Å². The van der Waals surface area contributed by atoms with Gasteiger partial charge in [0.1, 0.15) is 18.5 Å². The van der Waals surface area contributed by atoms with Gasteiger partial charge in [0.15, 0.2) is 0 Å². The SMILES string of the molecule is COC(=O)c1cnc(N)c(C(O)C(O)CCNC(=O)OCc2ccccc2)c1. The van der Waals surface area contributed by atoms with Crippen LogP contribution in [0.1, 0.15) is 34.0 Å². The number of alkyl carbamates (subject to hydrolysis) is 1. The molecule has 0 fully saturated rings. The molecule has 2 rings (SSSR count). The minimum absolute atomic E-state index is 0.0190. The lowest BCUT2D eigenvalue weighted by atomic mass is 10.0. The number of methoxy groups -OCH3 is 1. The van der Waals surface area contributed by atoms with Crippen LogP contribution in [0.25, 0.3) is 0 Å². The summed E-state index contributed by atoms with van der Waals surface area (Å²) in [4.78, 5) is 27.1. The molecule has 9 heteroatoms. The number of nitrogens with two attached hydrogens (primary N) is 1. The zero-order valence-electron chi connectivity index (χ0n) is 15.4. The first-order valence-corrected chi connectivity index (χ1v) is 8.56. The second-order valence-electron chi connectivity index (χ2n) is 5.98. The number of ether oxygens (including phenoxy) is 2. The van der Waals surface area contributed by atoms with Crippen LogP contribution >= 0.6 is 0 Å². The van der Waals surface area contributed by atoms with Gasteiger partial charge in [-0.05, 0) is 18.1 Å². The summed E-state index contributed by atoms with van der Waals surface area (Å²) in [7, 11) is 1.21. The van der Waals surface area contributed by atoms with Crippen LogP contribution in [0.5, 0.6) is 0 Å². The highest BCUT2D eigenvalue weighted by Crippen LogP contribution is 2.24. The maximum Gasteiger partial charge on any atom is 0.407 e. The number of aliphatic hydroxyl groups is 2. The number of pyridine rings is 1. The Morgan fingerprint density at radius 3 is 2.64 bits per heavy atom. The third kappa shape index (κ3) is 5.93. The number of rotatable bonds is 8. The van der Waals surface area contributed by atoms with Gasteiger partial charge in [-0.25, -0.2) is 14.6 Å². The van der Waals surface area contributed by atoms with Gasteiger partial charge in [-0.1, -0.05) is 30.3 Å². The van der Waals surface area contributed by atoms with Crippen LogP contribution < -0.4 is 11.1 Å². The fraction of sp³-hybridized carbons (Fsp3) is 0.316. The third-order valence-electron chi connectivity index (χ3n) is 3.98. The van der Waals surface area contributed by atoms with E-state index in [-0.39, 0.29) is 36.5 Å². The molecule has 0 bridgehead atoms. The molecule has 0 aliphatic heterocycles. The fourth-order valence-corrected chi connectivity index (χ4v) is 2.42. The van der Waals surface area contributed by atoms with Crippen molar-refractivity contribution in [1.29, 1.82) is 0 Å². The highest BCUT2D eigenvalue weighted by molar-refractivity contribution is 5.89. The zero-order chi connectivity index (χ0) is 20.5. The van der Waals surface area contributed by atoms with Crippen molar-refractivity contribution in [2.45, 2.75) is 25.2 Å². The topological polar surface area (TPSA) is 144 Å². The van der Waals surface area contributed by atoms with Gasteiger partial charge in [-0.2, -0.15) is 0 Å². The first-order chi connectivity index (χ1) is 13.4. The molecule has 28 heavy (non-hydrogen) atoms. The van der Waals surface area contributed by atoms with Gasteiger partial charge in [0.05, 0.1) is 18.8 Å². The van der Waals surface area contributed by atoms with Crippen LogP contribution in [0.15, 0.2) is 42.6 Å². The Balaban J connectivity index is 1.83. The van der Waals surface area contributed by atoms with Crippen LogP contribution in [0.3, 0.4) is 0 Å². The standard InChI is InChI=1S/C19H23N3O6/c1-27-18(25)13-9-14(17(20)22-10-13)16(24)15(23)7-8-21-19(26)28-11-12-5-3-2-4-6-12/h2-6,9-10,15-16,23-24H,7-8,11H2,1H3,(H2,20,22)(H,21,26). The predicted octanol–water partition coefficient (Wildman–Crippen LogP) is 1.16. The lowest BCUT2D eigenvalue weighted by molar-refractivity contribution is 0.0138. The summed E-state index contributed by atoms with van der Waals surface area (Å²) in [6, 6.07) is 10.5. The number of esters is 1. The number of carbonyl (C=O) groups is 2. The van der Waals surface area contributed by atoms with Crippen molar-refractivity contribution in [3.63, 3.8) is 0 Å². The third-order valence-corrected chi connectivity index (χ3v) is 3.98. The molecule has 2 atom stereocenters. The van der Waals surface area contributed by atoms with E-state index in [1.807, 2.05) is 30.3 Å². The monoisotopic (exact) mass is 389 g/mol. The Kier molecular flexibility index (Phi) is 7.73. The molecule has 1 heterocycles. The number of benzene rings is 1. The fourth-order valence-electron chi connectivity index (χ4n) is 2.42. The molecular formula is C19H23N3O6. The molecule has 5 N–H and O–H groups in total. The molecule has 0 spiro atoms. The Bertz CT molecular complexity index is 800. The molecule has 1 aromatic carbocycles. The smallest absolute Gasteiger partial charge is 0.407 e. The Hall–Kier alpha value is -3.17. The van der Waals surface area contributed by atoms with Crippen molar-refractivity contribution in [2.24, 2.45) is 0 Å². The molecule has 2 aromatic rings. The van der Waals surface area contributed by atoms with Crippen molar-refractivity contribution in [1.82, 2.24) is 10.3 Å². The van der Waals surface area contributed by atoms with Crippen LogP contribution in [0.4, 0.5) is 10.6 Å². The van der Waals surface area contributed by atoms with Crippen molar-refractivity contribution in [2.75, 3.05) is 19.4 Å². The van der Waals surface area contributed by atoms with E-state index >= 15 is 0 Å². The van der Waals surface area contributed by atoms with E-state index in [1.54, 1.807) is 0 Å². The number of anilines is 1. The van der Waals surface area contributed by atoms with Gasteiger partial charge < -0.3 is 30.7 Å². The number of aliphatic hydroxyl groups excluding tert-OH is 2. The van der Waals surface area contributed by atoms with E-state index < -0.39 is 24.3 Å². The molecule has 0 saturated heterocycles. The number of nitrogens with zero attached hydrogens (tertiary/aromatic N) is 1. The molecule has 0 aliphatic carbocycles. The quantitative estimate of drug-likeness (QED) is 0.492. The van der Waals surface area contributed by atoms with E-state index in [0.717, 1.165) is 5.56 Å². The normalized spacial score (nSPS) is 12.7. The largest absolute Gasteiger partial charge is 0.465 e. The van der Waals surface area contributed by atoms with Gasteiger partial charge >= 0.3 is 12.1 Å².